The van der Waals surface area contributed by atoms with Crippen molar-refractivity contribution in [2.24, 2.45) is 0 Å². The van der Waals surface area contributed by atoms with Gasteiger partial charge in [-0.05, 0) is 17.5 Å². The fourth-order valence-electron chi connectivity index (χ4n) is 2.34. The van der Waals surface area contributed by atoms with Crippen molar-refractivity contribution in [1.29, 1.82) is 0 Å². The topological polar surface area (TPSA) is 38.9 Å². The Labute approximate surface area is 143 Å². The molecule has 3 nitrogen and oxygen atoms in total. The molecule has 0 fully saturated rings. The molecular weight excluding hydrogens is 330 g/mol. The van der Waals surface area contributed by atoms with Gasteiger partial charge in [0.2, 0.25) is 5.89 Å². The lowest BCUT2D eigenvalue weighted by atomic mass is 9.98. The van der Waals surface area contributed by atoms with Crippen LogP contribution in [0.5, 0.6) is 0 Å². The molecule has 0 spiro atoms. The molecule has 0 N–H and O–H groups in total. The van der Waals surface area contributed by atoms with Gasteiger partial charge in [0.05, 0.1) is 0 Å². The van der Waals surface area contributed by atoms with E-state index in [1.165, 1.54) is 23.4 Å². The fourth-order valence-corrected chi connectivity index (χ4v) is 3.10. The Bertz CT molecular complexity index is 808. The van der Waals surface area contributed by atoms with Gasteiger partial charge < -0.3 is 4.42 Å². The van der Waals surface area contributed by atoms with Gasteiger partial charge in [-0.25, -0.2) is 8.78 Å². The number of halogens is 2. The molecule has 1 unspecified atom stereocenters. The summed E-state index contributed by atoms with van der Waals surface area (Å²) in [5, 5.41) is 8.34. The van der Waals surface area contributed by atoms with Crippen LogP contribution in [-0.4, -0.2) is 10.2 Å². The minimum absolute atomic E-state index is 0.236. The summed E-state index contributed by atoms with van der Waals surface area (Å²) in [5.41, 5.74) is 1.48. The zero-order valence-electron chi connectivity index (χ0n) is 13.1. The summed E-state index contributed by atoms with van der Waals surface area (Å²) in [6, 6.07) is 14.2. The number of thioether (sulfide) groups is 1. The molecule has 0 saturated carbocycles. The van der Waals surface area contributed by atoms with Crippen LogP contribution in [0.1, 0.15) is 29.9 Å². The van der Waals surface area contributed by atoms with Crippen LogP contribution >= 0.6 is 11.8 Å². The van der Waals surface area contributed by atoms with Crippen molar-refractivity contribution in [3.8, 4) is 0 Å². The molecule has 0 aliphatic carbocycles. The summed E-state index contributed by atoms with van der Waals surface area (Å²) < 4.78 is 32.4. The predicted molar refractivity (Wildman–Crippen MR) is 88.8 cm³/mol. The molecule has 3 rings (SSSR count). The summed E-state index contributed by atoms with van der Waals surface area (Å²) in [6.45, 7) is 2.09. The number of aromatic nitrogens is 2. The Morgan fingerprint density at radius 1 is 1.04 bits per heavy atom. The minimum atomic E-state index is -0.851. The van der Waals surface area contributed by atoms with Gasteiger partial charge in [-0.15, -0.1) is 10.2 Å². The second-order valence-electron chi connectivity index (χ2n) is 5.48. The van der Waals surface area contributed by atoms with Gasteiger partial charge in [0, 0.05) is 17.7 Å². The van der Waals surface area contributed by atoms with Gasteiger partial charge in [0.15, 0.2) is 11.6 Å². The highest BCUT2D eigenvalue weighted by Gasteiger charge is 2.14. The number of rotatable bonds is 6. The van der Waals surface area contributed by atoms with Gasteiger partial charge in [-0.2, -0.15) is 0 Å². The van der Waals surface area contributed by atoms with Crippen LogP contribution in [0.2, 0.25) is 0 Å². The third-order valence-electron chi connectivity index (χ3n) is 3.68. The van der Waals surface area contributed by atoms with E-state index < -0.39 is 11.6 Å². The fraction of sp³-hybridized carbons (Fsp3) is 0.222. The van der Waals surface area contributed by atoms with Crippen molar-refractivity contribution in [2.75, 3.05) is 0 Å². The third kappa shape index (κ3) is 4.00. The summed E-state index contributed by atoms with van der Waals surface area (Å²) in [4.78, 5) is 0. The van der Waals surface area contributed by atoms with Crippen LogP contribution in [-0.2, 0) is 12.2 Å². The molecular formula is C18H16F2N2OS. The van der Waals surface area contributed by atoms with Gasteiger partial charge >= 0.3 is 0 Å². The molecule has 24 heavy (non-hydrogen) atoms. The number of nitrogens with zero attached hydrogens (tertiary/aromatic N) is 2. The molecule has 0 radical (unpaired) electrons. The highest BCUT2D eigenvalue weighted by molar-refractivity contribution is 7.98. The van der Waals surface area contributed by atoms with E-state index in [-0.39, 0.29) is 17.2 Å². The lowest BCUT2D eigenvalue weighted by molar-refractivity contribution is 0.404. The molecule has 0 saturated heterocycles. The maximum absolute atomic E-state index is 13.6. The summed E-state index contributed by atoms with van der Waals surface area (Å²) in [5.74, 6) is -0.656. The van der Waals surface area contributed by atoms with E-state index in [1.807, 2.05) is 18.2 Å². The maximum atomic E-state index is 13.6. The van der Waals surface area contributed by atoms with Crippen LogP contribution in [0.15, 0.2) is 58.2 Å². The maximum Gasteiger partial charge on any atom is 0.276 e. The van der Waals surface area contributed by atoms with Gasteiger partial charge in [0.25, 0.3) is 5.22 Å². The van der Waals surface area contributed by atoms with Crippen LogP contribution in [0.4, 0.5) is 8.78 Å². The lowest BCUT2D eigenvalue weighted by Gasteiger charge is -2.08. The van der Waals surface area contributed by atoms with Crippen molar-refractivity contribution in [3.05, 3.63) is 77.2 Å². The predicted octanol–water partition coefficient (Wildman–Crippen LogP) is 4.99. The monoisotopic (exact) mass is 346 g/mol. The first-order valence-electron chi connectivity index (χ1n) is 7.56. The molecule has 6 heteroatoms. The lowest BCUT2D eigenvalue weighted by Crippen LogP contribution is -1.98. The molecule has 3 aromatic rings. The van der Waals surface area contributed by atoms with Crippen LogP contribution in [0.3, 0.4) is 0 Å². The van der Waals surface area contributed by atoms with Crippen molar-refractivity contribution in [2.45, 2.75) is 30.2 Å². The third-order valence-corrected chi connectivity index (χ3v) is 4.55. The van der Waals surface area contributed by atoms with Crippen LogP contribution in [0, 0.1) is 11.6 Å². The first-order valence-corrected chi connectivity index (χ1v) is 8.55. The molecule has 0 aliphatic heterocycles. The van der Waals surface area contributed by atoms with Crippen LogP contribution in [0.25, 0.3) is 0 Å². The van der Waals surface area contributed by atoms with Crippen molar-refractivity contribution >= 4 is 11.8 Å². The normalized spacial score (nSPS) is 12.3. The zero-order valence-corrected chi connectivity index (χ0v) is 13.9. The van der Waals surface area contributed by atoms with E-state index in [0.717, 1.165) is 6.07 Å². The van der Waals surface area contributed by atoms with Crippen LogP contribution < -0.4 is 0 Å². The molecule has 1 heterocycles. The van der Waals surface area contributed by atoms with E-state index in [4.69, 9.17) is 4.42 Å². The molecule has 2 aromatic carbocycles. The van der Waals surface area contributed by atoms with Crippen molar-refractivity contribution in [3.63, 3.8) is 0 Å². The molecule has 0 amide bonds. The van der Waals surface area contributed by atoms with Gasteiger partial charge in [-0.1, -0.05) is 61.2 Å². The SMILES string of the molecule is CC(Cc1nnc(SCc2cccc(F)c2F)o1)c1ccccc1. The Morgan fingerprint density at radius 2 is 1.83 bits per heavy atom. The largest absolute Gasteiger partial charge is 0.416 e. The standard InChI is InChI=1S/C18H16F2N2OS/c1-12(13-6-3-2-4-7-13)10-16-21-22-18(23-16)24-11-14-8-5-9-15(19)17(14)20/h2-9,12H,10-11H2,1H3. The molecule has 0 aliphatic rings. The Balaban J connectivity index is 1.60. The van der Waals surface area contributed by atoms with E-state index >= 15 is 0 Å². The molecule has 1 aromatic heterocycles. The summed E-state index contributed by atoms with van der Waals surface area (Å²) in [6.07, 6.45) is 0.631. The van der Waals surface area contributed by atoms with Crippen molar-refractivity contribution < 1.29 is 13.2 Å². The number of benzene rings is 2. The van der Waals surface area contributed by atoms with Gasteiger partial charge in [-0.3, -0.25) is 0 Å². The van der Waals surface area contributed by atoms with Gasteiger partial charge in [0.1, 0.15) is 0 Å². The van der Waals surface area contributed by atoms with E-state index in [2.05, 4.69) is 29.3 Å². The van der Waals surface area contributed by atoms with E-state index in [0.29, 0.717) is 17.5 Å². The smallest absolute Gasteiger partial charge is 0.276 e. The average molecular weight is 346 g/mol. The first-order chi connectivity index (χ1) is 11.6. The molecule has 1 atom stereocenters. The van der Waals surface area contributed by atoms with E-state index in [1.54, 1.807) is 6.07 Å². The first kappa shape index (κ1) is 16.6. The second kappa shape index (κ2) is 7.57. The number of hydrogen-bond donors (Lipinski definition) is 0. The Kier molecular flexibility index (Phi) is 5.25. The highest BCUT2D eigenvalue weighted by Crippen LogP contribution is 2.26. The van der Waals surface area contributed by atoms with Crippen molar-refractivity contribution in [1.82, 2.24) is 10.2 Å². The average Bonchev–Trinajstić information content (AvgIpc) is 3.04. The quantitative estimate of drug-likeness (QED) is 0.590. The van der Waals surface area contributed by atoms with E-state index in [9.17, 15) is 8.78 Å². The highest BCUT2D eigenvalue weighted by atomic mass is 32.2. The Morgan fingerprint density at radius 3 is 2.62 bits per heavy atom. The molecule has 0 bridgehead atoms. The Hall–Kier alpha value is -2.21. The number of hydrogen-bond acceptors (Lipinski definition) is 4. The zero-order chi connectivity index (χ0) is 16.9. The summed E-state index contributed by atoms with van der Waals surface area (Å²) in [7, 11) is 0. The molecule has 124 valence electrons. The minimum Gasteiger partial charge on any atom is -0.416 e. The summed E-state index contributed by atoms with van der Waals surface area (Å²) >= 11 is 1.19. The second-order valence-corrected chi connectivity index (χ2v) is 6.41.